The average Bonchev–Trinajstić information content (AvgIpc) is 3.29. The van der Waals surface area contributed by atoms with Gasteiger partial charge < -0.3 is 10.2 Å². The summed E-state index contributed by atoms with van der Waals surface area (Å²) in [6.45, 7) is 7.38. The summed E-state index contributed by atoms with van der Waals surface area (Å²) in [4.78, 5) is 30.3. The number of likely N-dealkylation sites (N-methyl/N-ethyl adjacent to an activating group) is 1. The number of nitrogens with one attached hydrogen (secondary N) is 1. The summed E-state index contributed by atoms with van der Waals surface area (Å²) in [6, 6.07) is 7.84. The second kappa shape index (κ2) is 10.1. The fourth-order valence-electron chi connectivity index (χ4n) is 4.10. The monoisotopic (exact) mass is 465 g/mol. The third-order valence-electron chi connectivity index (χ3n) is 6.24. The van der Waals surface area contributed by atoms with Crippen LogP contribution in [0.15, 0.2) is 61.4 Å². The number of amides is 1. The van der Waals surface area contributed by atoms with Gasteiger partial charge in [0, 0.05) is 68.8 Å². The van der Waals surface area contributed by atoms with Crippen LogP contribution in [0.1, 0.15) is 32.7 Å². The molecular weight excluding hydrogens is 438 g/mol. The van der Waals surface area contributed by atoms with Crippen LogP contribution in [0.5, 0.6) is 0 Å². The summed E-state index contributed by atoms with van der Waals surface area (Å²) < 4.78 is 1.86. The van der Waals surface area contributed by atoms with Crippen LogP contribution in [0.4, 0.5) is 5.69 Å². The molecule has 35 heavy (non-hydrogen) atoms. The predicted octanol–water partition coefficient (Wildman–Crippen LogP) is 2.83. The third kappa shape index (κ3) is 5.38. The van der Waals surface area contributed by atoms with Crippen LogP contribution in [0.25, 0.3) is 5.65 Å². The van der Waals surface area contributed by atoms with E-state index in [1.165, 1.54) is 11.1 Å². The van der Waals surface area contributed by atoms with Crippen molar-refractivity contribution in [1.29, 1.82) is 0 Å². The van der Waals surface area contributed by atoms with Gasteiger partial charge in [0.1, 0.15) is 5.69 Å². The molecule has 5 rings (SSSR count). The Morgan fingerprint density at radius 1 is 1.03 bits per heavy atom. The highest BCUT2D eigenvalue weighted by molar-refractivity contribution is 6.04. The molecule has 0 spiro atoms. The minimum atomic E-state index is -0.215. The minimum Gasteiger partial charge on any atom is -0.322 e. The Morgan fingerprint density at radius 3 is 2.71 bits per heavy atom. The maximum absolute atomic E-state index is 12.9. The number of fused-ring (bicyclic) bond motifs is 1. The maximum Gasteiger partial charge on any atom is 0.257 e. The molecule has 8 heteroatoms. The van der Waals surface area contributed by atoms with Gasteiger partial charge in [0.25, 0.3) is 5.91 Å². The first kappa shape index (κ1) is 22.7. The molecule has 0 radical (unpaired) electrons. The SMILES string of the molecule is Cc1cc(NC(=O)c2cncc(C#Cc3cnc4cnccn34)c2)ccc1CN1CCN(C)CC1. The summed E-state index contributed by atoms with van der Waals surface area (Å²) in [6.07, 6.45) is 10.1. The number of benzene rings is 1. The first-order valence-electron chi connectivity index (χ1n) is 11.6. The van der Waals surface area contributed by atoms with E-state index in [2.05, 4.69) is 61.9 Å². The highest BCUT2D eigenvalue weighted by atomic mass is 16.1. The van der Waals surface area contributed by atoms with E-state index in [1.807, 2.05) is 22.7 Å². The molecule has 1 aromatic carbocycles. The average molecular weight is 466 g/mol. The van der Waals surface area contributed by atoms with Gasteiger partial charge in [0.05, 0.1) is 18.0 Å². The molecule has 176 valence electrons. The van der Waals surface area contributed by atoms with Crippen LogP contribution in [0.2, 0.25) is 0 Å². The number of pyridine rings is 1. The first-order valence-corrected chi connectivity index (χ1v) is 11.6. The topological polar surface area (TPSA) is 78.7 Å². The van der Waals surface area contributed by atoms with Crippen molar-refractivity contribution in [1.82, 2.24) is 29.2 Å². The van der Waals surface area contributed by atoms with Crippen LogP contribution in [-0.2, 0) is 6.54 Å². The summed E-state index contributed by atoms with van der Waals surface area (Å²) in [5, 5.41) is 2.99. The Hall–Kier alpha value is -4.06. The van der Waals surface area contributed by atoms with E-state index in [0.717, 1.165) is 49.8 Å². The van der Waals surface area contributed by atoms with Gasteiger partial charge in [0.15, 0.2) is 5.65 Å². The number of anilines is 1. The second-order valence-electron chi connectivity index (χ2n) is 8.84. The molecule has 0 bridgehead atoms. The number of carbonyl (C=O) groups is 1. The van der Waals surface area contributed by atoms with Crippen LogP contribution >= 0.6 is 0 Å². The molecule has 4 heterocycles. The van der Waals surface area contributed by atoms with E-state index >= 15 is 0 Å². The summed E-state index contributed by atoms with van der Waals surface area (Å²) in [5.41, 5.74) is 5.80. The standard InChI is InChI=1S/C27H27N7O/c1-20-13-24(5-4-22(20)19-33-11-9-32(2)10-12-33)31-27(35)23-14-21(15-29-16-23)3-6-25-17-30-26-18-28-7-8-34(25)26/h4-5,7-8,13-18H,9-12,19H2,1-2H3,(H,31,35). The van der Waals surface area contributed by atoms with Gasteiger partial charge in [-0.25, -0.2) is 4.98 Å². The molecule has 0 atom stereocenters. The molecule has 0 saturated carbocycles. The maximum atomic E-state index is 12.9. The lowest BCUT2D eigenvalue weighted by molar-refractivity contribution is 0.102. The number of aryl methyl sites for hydroxylation is 1. The van der Waals surface area contributed by atoms with Crippen LogP contribution < -0.4 is 5.32 Å². The molecule has 0 aliphatic carbocycles. The Bertz CT molecular complexity index is 1420. The summed E-state index contributed by atoms with van der Waals surface area (Å²) in [7, 11) is 2.16. The number of carbonyl (C=O) groups excluding carboxylic acids is 1. The molecule has 1 aliphatic rings. The number of hydrogen-bond donors (Lipinski definition) is 1. The second-order valence-corrected chi connectivity index (χ2v) is 8.84. The zero-order chi connectivity index (χ0) is 24.2. The fraction of sp³-hybridized carbons (Fsp3) is 0.259. The van der Waals surface area contributed by atoms with Crippen molar-refractivity contribution < 1.29 is 4.79 Å². The van der Waals surface area contributed by atoms with Gasteiger partial charge >= 0.3 is 0 Å². The molecule has 1 aliphatic heterocycles. The molecule has 0 unspecified atom stereocenters. The number of aromatic nitrogens is 4. The van der Waals surface area contributed by atoms with E-state index in [4.69, 9.17) is 0 Å². The number of piperazine rings is 1. The Morgan fingerprint density at radius 2 is 1.89 bits per heavy atom. The van der Waals surface area contributed by atoms with Crippen molar-refractivity contribution in [3.05, 3.63) is 89.4 Å². The Balaban J connectivity index is 1.26. The molecule has 4 aromatic rings. The first-order chi connectivity index (χ1) is 17.0. The van der Waals surface area contributed by atoms with Gasteiger partial charge in [-0.1, -0.05) is 12.0 Å². The molecule has 8 nitrogen and oxygen atoms in total. The van der Waals surface area contributed by atoms with Gasteiger partial charge in [0.2, 0.25) is 0 Å². The number of imidazole rings is 1. The van der Waals surface area contributed by atoms with Gasteiger partial charge in [-0.05, 0) is 49.2 Å². The molecule has 1 fully saturated rings. The lowest BCUT2D eigenvalue weighted by Crippen LogP contribution is -2.43. The lowest BCUT2D eigenvalue weighted by atomic mass is 10.1. The zero-order valence-electron chi connectivity index (χ0n) is 19.9. The Kier molecular flexibility index (Phi) is 6.53. The highest BCUT2D eigenvalue weighted by Gasteiger charge is 2.15. The normalized spacial score (nSPS) is 14.5. The number of nitrogens with zero attached hydrogens (tertiary/aromatic N) is 6. The predicted molar refractivity (Wildman–Crippen MR) is 135 cm³/mol. The van der Waals surface area contributed by atoms with Crippen molar-refractivity contribution >= 4 is 17.2 Å². The number of rotatable bonds is 4. The molecule has 1 saturated heterocycles. The van der Waals surface area contributed by atoms with Crippen molar-refractivity contribution in [3.63, 3.8) is 0 Å². The Labute approximate surface area is 204 Å². The van der Waals surface area contributed by atoms with Crippen molar-refractivity contribution in [2.24, 2.45) is 0 Å². The lowest BCUT2D eigenvalue weighted by Gasteiger charge is -2.32. The van der Waals surface area contributed by atoms with Crippen molar-refractivity contribution in [2.75, 3.05) is 38.5 Å². The molecule has 1 N–H and O–H groups in total. The van der Waals surface area contributed by atoms with Gasteiger partial charge in [-0.2, -0.15) is 0 Å². The summed E-state index contributed by atoms with van der Waals surface area (Å²) in [5.74, 6) is 5.95. The van der Waals surface area contributed by atoms with E-state index in [1.54, 1.807) is 37.1 Å². The quantitative estimate of drug-likeness (QED) is 0.467. The largest absolute Gasteiger partial charge is 0.322 e. The molecular formula is C27H27N7O. The smallest absolute Gasteiger partial charge is 0.257 e. The highest BCUT2D eigenvalue weighted by Crippen LogP contribution is 2.19. The van der Waals surface area contributed by atoms with Crippen molar-refractivity contribution in [2.45, 2.75) is 13.5 Å². The van der Waals surface area contributed by atoms with E-state index in [9.17, 15) is 4.79 Å². The van der Waals surface area contributed by atoms with Crippen LogP contribution in [-0.4, -0.2) is 68.3 Å². The van der Waals surface area contributed by atoms with Gasteiger partial charge in [-0.15, -0.1) is 0 Å². The molecule has 3 aromatic heterocycles. The summed E-state index contributed by atoms with van der Waals surface area (Å²) >= 11 is 0. The minimum absolute atomic E-state index is 0.215. The molecule has 1 amide bonds. The van der Waals surface area contributed by atoms with E-state index in [-0.39, 0.29) is 5.91 Å². The third-order valence-corrected chi connectivity index (χ3v) is 6.24. The van der Waals surface area contributed by atoms with Crippen LogP contribution in [0, 0.1) is 18.8 Å². The van der Waals surface area contributed by atoms with Crippen LogP contribution in [0.3, 0.4) is 0 Å². The zero-order valence-corrected chi connectivity index (χ0v) is 19.9. The van der Waals surface area contributed by atoms with Crippen molar-refractivity contribution in [3.8, 4) is 11.8 Å². The van der Waals surface area contributed by atoms with Gasteiger partial charge in [-0.3, -0.25) is 24.1 Å². The van der Waals surface area contributed by atoms with E-state index in [0.29, 0.717) is 11.1 Å². The fourth-order valence-corrected chi connectivity index (χ4v) is 4.10. The number of hydrogen-bond acceptors (Lipinski definition) is 6. The van der Waals surface area contributed by atoms with E-state index < -0.39 is 0 Å².